The van der Waals surface area contributed by atoms with E-state index in [1.165, 1.54) is 0 Å². The second kappa shape index (κ2) is 10.5. The first-order valence-corrected chi connectivity index (χ1v) is 7.46. The molecule has 0 aromatic heterocycles. The first-order chi connectivity index (χ1) is 10.6. The normalized spacial score (nSPS) is 11.0. The van der Waals surface area contributed by atoms with Gasteiger partial charge in [0.25, 0.3) is 0 Å². The summed E-state index contributed by atoms with van der Waals surface area (Å²) in [7, 11) is 5.22. The highest BCUT2D eigenvalue weighted by Gasteiger charge is 2.04. The van der Waals surface area contributed by atoms with Crippen LogP contribution in [0.2, 0.25) is 0 Å². The van der Waals surface area contributed by atoms with Crippen molar-refractivity contribution in [3.8, 4) is 5.75 Å². The molecule has 0 unspecified atom stereocenters. The van der Waals surface area contributed by atoms with Gasteiger partial charge in [0, 0.05) is 40.7 Å². The molecule has 122 valence electrons. The number of hydrogen-bond acceptors (Lipinski definition) is 3. The summed E-state index contributed by atoms with van der Waals surface area (Å²) in [6.07, 6.45) is 1.32. The number of nitrogens with one attached hydrogen (secondary N) is 2. The van der Waals surface area contributed by atoms with Gasteiger partial charge in [0.05, 0.1) is 6.61 Å². The molecule has 0 spiro atoms. The van der Waals surface area contributed by atoms with Gasteiger partial charge in [-0.2, -0.15) is 0 Å². The van der Waals surface area contributed by atoms with Crippen LogP contribution in [-0.2, 0) is 4.79 Å². The molecule has 1 aromatic rings. The van der Waals surface area contributed by atoms with Crippen molar-refractivity contribution in [2.24, 2.45) is 4.99 Å². The molecular formula is C16H26N4O2. The van der Waals surface area contributed by atoms with Crippen LogP contribution in [0.15, 0.2) is 35.3 Å². The van der Waals surface area contributed by atoms with Crippen molar-refractivity contribution in [3.05, 3.63) is 30.3 Å². The molecule has 0 atom stereocenters. The Morgan fingerprint density at radius 3 is 2.50 bits per heavy atom. The lowest BCUT2D eigenvalue weighted by Crippen LogP contribution is -2.39. The number of aliphatic imine (C=N–C) groups is 1. The maximum atomic E-state index is 11.5. The standard InChI is InChI=1S/C16H26N4O2/c1-17-16(19-12-10-15(21)20(2)3)18-11-7-13-22-14-8-5-4-6-9-14/h4-6,8-9H,7,10-13H2,1-3H3,(H2,17,18,19). The summed E-state index contributed by atoms with van der Waals surface area (Å²) in [5.74, 6) is 1.68. The van der Waals surface area contributed by atoms with Gasteiger partial charge in [0.1, 0.15) is 5.75 Å². The minimum atomic E-state index is 0.0965. The van der Waals surface area contributed by atoms with Gasteiger partial charge in [-0.1, -0.05) is 18.2 Å². The molecule has 0 aliphatic carbocycles. The third kappa shape index (κ3) is 7.52. The van der Waals surface area contributed by atoms with E-state index in [4.69, 9.17) is 4.74 Å². The fraction of sp³-hybridized carbons (Fsp3) is 0.500. The molecule has 0 fully saturated rings. The van der Waals surface area contributed by atoms with Crippen molar-refractivity contribution >= 4 is 11.9 Å². The monoisotopic (exact) mass is 306 g/mol. The van der Waals surface area contributed by atoms with Crippen LogP contribution < -0.4 is 15.4 Å². The van der Waals surface area contributed by atoms with E-state index in [9.17, 15) is 4.79 Å². The van der Waals surface area contributed by atoms with Gasteiger partial charge < -0.3 is 20.3 Å². The van der Waals surface area contributed by atoms with Crippen molar-refractivity contribution in [2.75, 3.05) is 40.8 Å². The predicted octanol–water partition coefficient (Wildman–Crippen LogP) is 1.10. The largest absolute Gasteiger partial charge is 0.494 e. The molecule has 0 aliphatic rings. The molecule has 1 amide bonds. The molecule has 1 aromatic carbocycles. The molecule has 6 heteroatoms. The zero-order valence-corrected chi connectivity index (χ0v) is 13.6. The minimum Gasteiger partial charge on any atom is -0.494 e. The number of carbonyl (C=O) groups is 1. The van der Waals surface area contributed by atoms with Crippen molar-refractivity contribution in [1.82, 2.24) is 15.5 Å². The molecular weight excluding hydrogens is 280 g/mol. The van der Waals surface area contributed by atoms with Gasteiger partial charge in [-0.05, 0) is 18.6 Å². The van der Waals surface area contributed by atoms with Crippen molar-refractivity contribution in [1.29, 1.82) is 0 Å². The Bertz CT molecular complexity index is 460. The van der Waals surface area contributed by atoms with Crippen LogP contribution >= 0.6 is 0 Å². The Balaban J connectivity index is 2.10. The Morgan fingerprint density at radius 1 is 1.18 bits per heavy atom. The SMILES string of the molecule is CN=C(NCCCOc1ccccc1)NCCC(=O)N(C)C. The Kier molecular flexibility index (Phi) is 8.49. The predicted molar refractivity (Wildman–Crippen MR) is 89.2 cm³/mol. The molecule has 0 heterocycles. The lowest BCUT2D eigenvalue weighted by Gasteiger charge is -2.13. The highest BCUT2D eigenvalue weighted by atomic mass is 16.5. The van der Waals surface area contributed by atoms with Crippen molar-refractivity contribution < 1.29 is 9.53 Å². The van der Waals surface area contributed by atoms with E-state index in [0.29, 0.717) is 25.5 Å². The van der Waals surface area contributed by atoms with Crippen LogP contribution in [0, 0.1) is 0 Å². The maximum Gasteiger partial charge on any atom is 0.223 e. The van der Waals surface area contributed by atoms with E-state index in [2.05, 4.69) is 15.6 Å². The smallest absolute Gasteiger partial charge is 0.223 e. The fourth-order valence-corrected chi connectivity index (χ4v) is 1.72. The number of guanidine groups is 1. The summed E-state index contributed by atoms with van der Waals surface area (Å²) in [6, 6.07) is 9.75. The summed E-state index contributed by atoms with van der Waals surface area (Å²) >= 11 is 0. The first kappa shape index (κ1) is 17.8. The number of ether oxygens (including phenoxy) is 1. The molecule has 1 rings (SSSR count). The van der Waals surface area contributed by atoms with E-state index in [1.54, 1.807) is 26.0 Å². The zero-order valence-electron chi connectivity index (χ0n) is 13.6. The molecule has 2 N–H and O–H groups in total. The lowest BCUT2D eigenvalue weighted by atomic mass is 10.3. The number of amides is 1. The van der Waals surface area contributed by atoms with E-state index in [1.807, 2.05) is 30.3 Å². The third-order valence-electron chi connectivity index (χ3n) is 2.98. The van der Waals surface area contributed by atoms with Crippen LogP contribution in [0.25, 0.3) is 0 Å². The quantitative estimate of drug-likeness (QED) is 0.429. The number of hydrogen-bond donors (Lipinski definition) is 2. The lowest BCUT2D eigenvalue weighted by molar-refractivity contribution is -0.128. The second-order valence-electron chi connectivity index (χ2n) is 4.98. The topological polar surface area (TPSA) is 66.0 Å². The van der Waals surface area contributed by atoms with Crippen molar-refractivity contribution in [3.63, 3.8) is 0 Å². The number of carbonyl (C=O) groups excluding carboxylic acids is 1. The van der Waals surface area contributed by atoms with Crippen LogP contribution in [0.3, 0.4) is 0 Å². The summed E-state index contributed by atoms with van der Waals surface area (Å²) in [5, 5.41) is 6.31. The van der Waals surface area contributed by atoms with Gasteiger partial charge >= 0.3 is 0 Å². The first-order valence-electron chi connectivity index (χ1n) is 7.46. The maximum absolute atomic E-state index is 11.5. The average Bonchev–Trinajstić information content (AvgIpc) is 2.53. The van der Waals surface area contributed by atoms with Crippen LogP contribution in [0.1, 0.15) is 12.8 Å². The number of rotatable bonds is 8. The van der Waals surface area contributed by atoms with Gasteiger partial charge in [0.2, 0.25) is 5.91 Å². The van der Waals surface area contributed by atoms with E-state index < -0.39 is 0 Å². The van der Waals surface area contributed by atoms with Gasteiger partial charge in [-0.25, -0.2) is 0 Å². The van der Waals surface area contributed by atoms with Crippen LogP contribution in [0.4, 0.5) is 0 Å². The van der Waals surface area contributed by atoms with Gasteiger partial charge in [-0.15, -0.1) is 0 Å². The molecule has 0 saturated carbocycles. The molecule has 22 heavy (non-hydrogen) atoms. The second-order valence-corrected chi connectivity index (χ2v) is 4.98. The summed E-state index contributed by atoms with van der Waals surface area (Å²) in [6.45, 7) is 1.97. The summed E-state index contributed by atoms with van der Waals surface area (Å²) in [5.41, 5.74) is 0. The molecule has 6 nitrogen and oxygen atoms in total. The van der Waals surface area contributed by atoms with Gasteiger partial charge in [0.15, 0.2) is 5.96 Å². The van der Waals surface area contributed by atoms with Crippen LogP contribution in [-0.4, -0.2) is 57.6 Å². The summed E-state index contributed by atoms with van der Waals surface area (Å²) in [4.78, 5) is 17.2. The Labute approximate surface area is 132 Å². The molecule has 0 saturated heterocycles. The highest BCUT2D eigenvalue weighted by Crippen LogP contribution is 2.07. The van der Waals surface area contributed by atoms with E-state index in [-0.39, 0.29) is 5.91 Å². The minimum absolute atomic E-state index is 0.0965. The third-order valence-corrected chi connectivity index (χ3v) is 2.98. The Morgan fingerprint density at radius 2 is 1.86 bits per heavy atom. The summed E-state index contributed by atoms with van der Waals surface area (Å²) < 4.78 is 5.61. The molecule has 0 aliphatic heterocycles. The zero-order chi connectivity index (χ0) is 16.2. The number of benzene rings is 1. The number of para-hydroxylation sites is 1. The van der Waals surface area contributed by atoms with Crippen LogP contribution in [0.5, 0.6) is 5.75 Å². The van der Waals surface area contributed by atoms with Gasteiger partial charge in [-0.3, -0.25) is 9.79 Å². The molecule has 0 radical (unpaired) electrons. The number of nitrogens with zero attached hydrogens (tertiary/aromatic N) is 2. The average molecular weight is 306 g/mol. The van der Waals surface area contributed by atoms with E-state index in [0.717, 1.165) is 18.7 Å². The Hall–Kier alpha value is -2.24. The molecule has 0 bridgehead atoms. The van der Waals surface area contributed by atoms with E-state index >= 15 is 0 Å². The fourth-order valence-electron chi connectivity index (χ4n) is 1.72. The highest BCUT2D eigenvalue weighted by molar-refractivity contribution is 5.81. The van der Waals surface area contributed by atoms with Crippen molar-refractivity contribution in [2.45, 2.75) is 12.8 Å².